The molecule has 1 fully saturated rings. The van der Waals surface area contributed by atoms with Crippen molar-refractivity contribution in [3.05, 3.63) is 131 Å². The second kappa shape index (κ2) is 14.0. The molecule has 2 heterocycles. The molecule has 1 N–H and O–H groups in total. The highest BCUT2D eigenvalue weighted by Crippen LogP contribution is 2.50. The van der Waals surface area contributed by atoms with Gasteiger partial charge in [0.1, 0.15) is 11.5 Å². The second-order valence-corrected chi connectivity index (χ2v) is 14.3. The Bertz CT molecular complexity index is 1840. The number of anilines is 2. The fraction of sp³-hybridized carbons (Fsp3) is 0.333. The number of nitrogens with one attached hydrogen (secondary N) is 1. The molecule has 8 nitrogen and oxygen atoms in total. The fourth-order valence-corrected chi connectivity index (χ4v) is 7.96. The number of hydrogen-bond acceptors (Lipinski definition) is 7. The summed E-state index contributed by atoms with van der Waals surface area (Å²) in [5.41, 5.74) is 6.38. The summed E-state index contributed by atoms with van der Waals surface area (Å²) in [7, 11) is 3.28. The van der Waals surface area contributed by atoms with E-state index < -0.39 is 6.04 Å². The van der Waals surface area contributed by atoms with E-state index >= 15 is 0 Å². The van der Waals surface area contributed by atoms with Gasteiger partial charge in [-0.1, -0.05) is 86.6 Å². The van der Waals surface area contributed by atoms with Crippen molar-refractivity contribution >= 4 is 23.1 Å². The molecule has 258 valence electrons. The number of ether oxygens (including phenoxy) is 2. The standard InChI is InChI=1S/C42H46N4O4/c1-42(2)26-34-39(36(47)27-42)41(32-25-31(49-3)19-20-37(32)50-4)46(35-18-12-11-17-33(35)43-34)28-38(48)44-21-23-45(24-22-44)40(29-13-7-5-8-14-29)30-15-9-6-10-16-30/h5-20,25,40-41,43H,21-24,26-28H2,1-4H3. The third-order valence-corrected chi connectivity index (χ3v) is 10.3. The Morgan fingerprint density at radius 3 is 2.10 bits per heavy atom. The van der Waals surface area contributed by atoms with Gasteiger partial charge >= 0.3 is 0 Å². The van der Waals surface area contributed by atoms with E-state index in [2.05, 4.69) is 77.5 Å². The third kappa shape index (κ3) is 6.60. The SMILES string of the molecule is COc1ccc(OC)c(C2C3=C(CC(C)(C)CC3=O)Nc3ccccc3N2CC(=O)N2CCN(C(c3ccccc3)c3ccccc3)CC2)c1. The molecule has 0 aromatic heterocycles. The average molecular weight is 671 g/mol. The van der Waals surface area contributed by atoms with Crippen molar-refractivity contribution in [2.75, 3.05) is 57.2 Å². The van der Waals surface area contributed by atoms with E-state index in [-0.39, 0.29) is 29.7 Å². The van der Waals surface area contributed by atoms with Crippen molar-refractivity contribution in [3.63, 3.8) is 0 Å². The smallest absolute Gasteiger partial charge is 0.242 e. The van der Waals surface area contributed by atoms with Crippen LogP contribution >= 0.6 is 0 Å². The van der Waals surface area contributed by atoms with Crippen LogP contribution in [0.25, 0.3) is 0 Å². The predicted octanol–water partition coefficient (Wildman–Crippen LogP) is 7.25. The van der Waals surface area contributed by atoms with E-state index in [9.17, 15) is 9.59 Å². The third-order valence-electron chi connectivity index (χ3n) is 10.3. The van der Waals surface area contributed by atoms with Gasteiger partial charge in [-0.3, -0.25) is 14.5 Å². The number of hydrogen-bond donors (Lipinski definition) is 1. The number of carbonyl (C=O) groups excluding carboxylic acids is 2. The van der Waals surface area contributed by atoms with Gasteiger partial charge in [-0.15, -0.1) is 0 Å². The molecule has 0 saturated carbocycles. The molecule has 2 aliphatic heterocycles. The molecule has 1 amide bonds. The Balaban J connectivity index is 1.23. The first-order valence-corrected chi connectivity index (χ1v) is 17.5. The molecular formula is C42H46N4O4. The zero-order valence-electron chi connectivity index (χ0n) is 29.4. The van der Waals surface area contributed by atoms with Crippen LogP contribution < -0.4 is 19.7 Å². The van der Waals surface area contributed by atoms with Crippen molar-refractivity contribution in [2.24, 2.45) is 5.41 Å². The van der Waals surface area contributed by atoms with Crippen molar-refractivity contribution in [1.29, 1.82) is 0 Å². The summed E-state index contributed by atoms with van der Waals surface area (Å²) in [6, 6.07) is 34.4. The quantitative estimate of drug-likeness (QED) is 0.212. The van der Waals surface area contributed by atoms with Crippen molar-refractivity contribution in [1.82, 2.24) is 9.80 Å². The highest BCUT2D eigenvalue weighted by Gasteiger charge is 2.43. The largest absolute Gasteiger partial charge is 0.497 e. The van der Waals surface area contributed by atoms with Crippen molar-refractivity contribution in [3.8, 4) is 11.5 Å². The van der Waals surface area contributed by atoms with Crippen molar-refractivity contribution in [2.45, 2.75) is 38.8 Å². The minimum Gasteiger partial charge on any atom is -0.497 e. The zero-order valence-corrected chi connectivity index (χ0v) is 29.4. The van der Waals surface area contributed by atoms with Gasteiger partial charge < -0.3 is 24.6 Å². The number of fused-ring (bicyclic) bond motifs is 1. The Hall–Kier alpha value is -5.08. The molecule has 0 radical (unpaired) electrons. The summed E-state index contributed by atoms with van der Waals surface area (Å²) in [5.74, 6) is 1.39. The number of amides is 1. The van der Waals surface area contributed by atoms with Crippen LogP contribution in [0.4, 0.5) is 11.4 Å². The monoisotopic (exact) mass is 670 g/mol. The van der Waals surface area contributed by atoms with E-state index in [1.54, 1.807) is 14.2 Å². The van der Waals surface area contributed by atoms with Crippen LogP contribution in [-0.4, -0.2) is 68.4 Å². The van der Waals surface area contributed by atoms with Crippen LogP contribution in [0.5, 0.6) is 11.5 Å². The number of Topliss-reactive ketones (excluding diaryl/α,β-unsaturated/α-hetero) is 1. The summed E-state index contributed by atoms with van der Waals surface area (Å²) in [5, 5.41) is 3.66. The number of carbonyl (C=O) groups is 2. The topological polar surface area (TPSA) is 74.3 Å². The lowest BCUT2D eigenvalue weighted by atomic mass is 9.73. The van der Waals surface area contributed by atoms with Crippen molar-refractivity contribution < 1.29 is 19.1 Å². The van der Waals surface area contributed by atoms with E-state index in [0.717, 1.165) is 35.7 Å². The number of ketones is 1. The van der Waals surface area contributed by atoms with Gasteiger partial charge in [0.15, 0.2) is 5.78 Å². The van der Waals surface area contributed by atoms with Gasteiger partial charge in [-0.25, -0.2) is 0 Å². The molecule has 3 aliphatic rings. The van der Waals surface area contributed by atoms with Gasteiger partial charge in [0.2, 0.25) is 5.91 Å². The van der Waals surface area contributed by atoms with Gasteiger partial charge in [0.05, 0.1) is 44.2 Å². The summed E-state index contributed by atoms with van der Waals surface area (Å²) in [6.45, 7) is 7.07. The van der Waals surface area contributed by atoms with Gasteiger partial charge in [-0.05, 0) is 53.3 Å². The number of rotatable bonds is 8. The maximum atomic E-state index is 14.5. The number of benzene rings is 4. The van der Waals surface area contributed by atoms with Gasteiger partial charge in [0, 0.05) is 49.4 Å². The number of para-hydroxylation sites is 2. The molecule has 0 bridgehead atoms. The summed E-state index contributed by atoms with van der Waals surface area (Å²) < 4.78 is 11.6. The molecule has 1 unspecified atom stereocenters. The molecule has 50 heavy (non-hydrogen) atoms. The Labute approximate surface area is 295 Å². The number of allylic oxidation sites excluding steroid dienone is 1. The summed E-state index contributed by atoms with van der Waals surface area (Å²) in [4.78, 5) is 35.3. The minimum absolute atomic E-state index is 0.0231. The molecule has 4 aromatic rings. The first kappa shape index (κ1) is 33.4. The Morgan fingerprint density at radius 1 is 0.820 bits per heavy atom. The normalized spacial score (nSPS) is 19.0. The van der Waals surface area contributed by atoms with Crippen LogP contribution in [0, 0.1) is 5.41 Å². The molecule has 7 rings (SSSR count). The van der Waals surface area contributed by atoms with Crippen LogP contribution in [0.15, 0.2) is 114 Å². The molecule has 1 saturated heterocycles. The highest BCUT2D eigenvalue weighted by atomic mass is 16.5. The Morgan fingerprint density at radius 2 is 1.46 bits per heavy atom. The van der Waals surface area contributed by atoms with E-state index in [1.165, 1.54) is 11.1 Å². The lowest BCUT2D eigenvalue weighted by molar-refractivity contribution is -0.131. The molecule has 8 heteroatoms. The average Bonchev–Trinajstić information content (AvgIpc) is 3.26. The maximum absolute atomic E-state index is 14.5. The van der Waals surface area contributed by atoms with Gasteiger partial charge in [-0.2, -0.15) is 0 Å². The molecule has 4 aromatic carbocycles. The molecule has 1 aliphatic carbocycles. The first-order chi connectivity index (χ1) is 24.3. The predicted molar refractivity (Wildman–Crippen MR) is 198 cm³/mol. The van der Waals surface area contributed by atoms with Crippen LogP contribution in [0.3, 0.4) is 0 Å². The van der Waals surface area contributed by atoms with Crippen LogP contribution in [0.1, 0.15) is 55.5 Å². The van der Waals surface area contributed by atoms with E-state index in [1.807, 2.05) is 59.5 Å². The number of piperazine rings is 1. The van der Waals surface area contributed by atoms with Crippen LogP contribution in [0.2, 0.25) is 0 Å². The van der Waals surface area contributed by atoms with E-state index in [4.69, 9.17) is 9.47 Å². The molecule has 0 spiro atoms. The van der Waals surface area contributed by atoms with Crippen LogP contribution in [-0.2, 0) is 9.59 Å². The van der Waals surface area contributed by atoms with Gasteiger partial charge in [0.25, 0.3) is 0 Å². The summed E-state index contributed by atoms with van der Waals surface area (Å²) >= 11 is 0. The second-order valence-electron chi connectivity index (χ2n) is 14.3. The summed E-state index contributed by atoms with van der Waals surface area (Å²) in [6.07, 6.45) is 1.12. The highest BCUT2D eigenvalue weighted by molar-refractivity contribution is 6.02. The fourth-order valence-electron chi connectivity index (χ4n) is 7.96. The minimum atomic E-state index is -0.569. The Kier molecular flexibility index (Phi) is 9.38. The first-order valence-electron chi connectivity index (χ1n) is 17.5. The van der Waals surface area contributed by atoms with E-state index in [0.29, 0.717) is 43.0 Å². The lowest BCUT2D eigenvalue weighted by Gasteiger charge is -2.42. The molecule has 1 atom stereocenters. The maximum Gasteiger partial charge on any atom is 0.242 e. The molecular weight excluding hydrogens is 624 g/mol. The zero-order chi connectivity index (χ0) is 34.8. The number of methoxy groups -OCH3 is 2. The number of nitrogens with zero attached hydrogens (tertiary/aromatic N) is 3. The lowest BCUT2D eigenvalue weighted by Crippen LogP contribution is -2.52.